The predicted molar refractivity (Wildman–Crippen MR) is 219 cm³/mol. The molecule has 6 aromatic carbocycles. The highest BCUT2D eigenvalue weighted by atomic mass is 32.1. The van der Waals surface area contributed by atoms with Crippen molar-refractivity contribution in [1.82, 2.24) is 24.5 Å². The van der Waals surface area contributed by atoms with Crippen molar-refractivity contribution in [2.75, 3.05) is 0 Å². The Morgan fingerprint density at radius 1 is 0.630 bits per heavy atom. The van der Waals surface area contributed by atoms with Crippen molar-refractivity contribution < 1.29 is 4.74 Å². The van der Waals surface area contributed by atoms with E-state index in [4.69, 9.17) is 24.7 Å². The second kappa shape index (κ2) is 11.9. The van der Waals surface area contributed by atoms with Gasteiger partial charge < -0.3 is 9.30 Å². The van der Waals surface area contributed by atoms with Crippen molar-refractivity contribution in [2.24, 2.45) is 0 Å². The number of allylic oxidation sites excluding steroid dienone is 2. The van der Waals surface area contributed by atoms with Crippen LogP contribution in [0.25, 0.3) is 77.4 Å². The molecule has 0 N–H and O–H groups in total. The Kier molecular flexibility index (Phi) is 6.81. The van der Waals surface area contributed by atoms with Gasteiger partial charge in [0.2, 0.25) is 0 Å². The van der Waals surface area contributed by atoms with E-state index in [9.17, 15) is 0 Å². The highest BCUT2D eigenvalue weighted by Crippen LogP contribution is 2.56. The molecular weight excluding hydrogens is 683 g/mol. The van der Waals surface area contributed by atoms with Crippen molar-refractivity contribution in [1.29, 1.82) is 0 Å². The largest absolute Gasteiger partial charge is 0.481 e. The van der Waals surface area contributed by atoms with Gasteiger partial charge in [0.25, 0.3) is 0 Å². The Hall–Kier alpha value is -6.70. The minimum atomic E-state index is -0.657. The zero-order valence-corrected chi connectivity index (χ0v) is 30.0. The number of ether oxygens (including phenoxy) is 1. The van der Waals surface area contributed by atoms with Crippen LogP contribution < -0.4 is 4.74 Å². The van der Waals surface area contributed by atoms with E-state index in [1.807, 2.05) is 42.5 Å². The fourth-order valence-corrected chi connectivity index (χ4v) is 9.34. The number of hydrogen-bond acceptors (Lipinski definition) is 6. The molecule has 54 heavy (non-hydrogen) atoms. The minimum absolute atomic E-state index is 0.0743. The molecule has 7 heteroatoms. The van der Waals surface area contributed by atoms with E-state index in [0.29, 0.717) is 17.5 Å². The molecule has 3 aromatic heterocycles. The summed E-state index contributed by atoms with van der Waals surface area (Å²) in [6, 6.07) is 50.3. The topological polar surface area (TPSA) is 65.7 Å². The number of para-hydroxylation sites is 3. The Morgan fingerprint density at radius 2 is 1.30 bits per heavy atom. The summed E-state index contributed by atoms with van der Waals surface area (Å²) < 4.78 is 10.4. The van der Waals surface area contributed by atoms with Crippen LogP contribution in [-0.4, -0.2) is 30.1 Å². The van der Waals surface area contributed by atoms with Crippen molar-refractivity contribution >= 4 is 48.9 Å². The van der Waals surface area contributed by atoms with Gasteiger partial charge in [0, 0.05) is 44.3 Å². The summed E-state index contributed by atoms with van der Waals surface area (Å²) >= 11 is 1.70. The van der Waals surface area contributed by atoms with Crippen LogP contribution in [0.1, 0.15) is 23.4 Å². The lowest BCUT2D eigenvalue weighted by atomic mass is 9.76. The molecule has 0 fully saturated rings. The number of hydrogen-bond donors (Lipinski definition) is 0. The maximum atomic E-state index is 6.95. The zero-order chi connectivity index (χ0) is 35.8. The molecule has 2 aliphatic rings. The van der Waals surface area contributed by atoms with Crippen molar-refractivity contribution in [2.45, 2.75) is 18.4 Å². The monoisotopic (exact) mass is 713 g/mol. The van der Waals surface area contributed by atoms with Crippen LogP contribution in [0.2, 0.25) is 0 Å². The standard InChI is InChI=1S/C47H31N5OS/c1-47-35(21-13-22-36(47)46-48-37-23-7-10-27-41(37)54-46)42-34(20-12-26-40(42)53-47)45-50-43(29-14-3-2-4-15-29)49-44(51-45)30-16-11-17-31(28-30)52-38-24-8-5-18-32(38)33-19-6-9-25-39(33)52/h2-28,35H,1H3. The molecule has 2 unspecified atom stereocenters. The smallest absolute Gasteiger partial charge is 0.164 e. The molecule has 4 heterocycles. The van der Waals surface area contributed by atoms with Crippen LogP contribution in [0.4, 0.5) is 0 Å². The molecule has 9 aromatic rings. The Labute approximate surface area is 315 Å². The molecule has 0 saturated heterocycles. The van der Waals surface area contributed by atoms with E-state index in [2.05, 4.69) is 133 Å². The molecule has 0 bridgehead atoms. The van der Waals surface area contributed by atoms with E-state index in [-0.39, 0.29) is 5.92 Å². The number of rotatable bonds is 5. The highest BCUT2D eigenvalue weighted by molar-refractivity contribution is 7.19. The number of aromatic nitrogens is 5. The average Bonchev–Trinajstić information content (AvgIpc) is 3.90. The number of fused-ring (bicyclic) bond motifs is 7. The first kappa shape index (κ1) is 30.9. The molecule has 1 aliphatic carbocycles. The zero-order valence-electron chi connectivity index (χ0n) is 29.2. The lowest BCUT2D eigenvalue weighted by Gasteiger charge is -2.33. The van der Waals surface area contributed by atoms with Crippen molar-refractivity contribution in [3.63, 3.8) is 0 Å². The molecule has 0 amide bonds. The maximum Gasteiger partial charge on any atom is 0.164 e. The van der Waals surface area contributed by atoms with E-state index < -0.39 is 5.60 Å². The summed E-state index contributed by atoms with van der Waals surface area (Å²) in [5, 5.41) is 3.41. The van der Waals surface area contributed by atoms with Gasteiger partial charge in [-0.05, 0) is 49.4 Å². The van der Waals surface area contributed by atoms with Gasteiger partial charge in [-0.25, -0.2) is 19.9 Å². The predicted octanol–water partition coefficient (Wildman–Crippen LogP) is 11.5. The van der Waals surface area contributed by atoms with Crippen molar-refractivity contribution in [3.8, 4) is 45.6 Å². The first-order valence-electron chi connectivity index (χ1n) is 18.1. The number of thiazole rings is 1. The summed E-state index contributed by atoms with van der Waals surface area (Å²) in [5.74, 6) is 2.58. The lowest BCUT2D eigenvalue weighted by molar-refractivity contribution is 0.166. The molecule has 11 rings (SSSR count). The molecule has 0 radical (unpaired) electrons. The highest BCUT2D eigenvalue weighted by Gasteiger charge is 2.50. The third kappa shape index (κ3) is 4.72. The van der Waals surface area contributed by atoms with Gasteiger partial charge in [-0.3, -0.25) is 0 Å². The summed E-state index contributed by atoms with van der Waals surface area (Å²) in [4.78, 5) is 20.6. The van der Waals surface area contributed by atoms with Crippen LogP contribution in [0.3, 0.4) is 0 Å². The quantitative estimate of drug-likeness (QED) is 0.178. The molecule has 0 saturated carbocycles. The number of nitrogens with zero attached hydrogens (tertiary/aromatic N) is 5. The van der Waals surface area contributed by atoms with Gasteiger partial charge in [0.1, 0.15) is 16.4 Å². The van der Waals surface area contributed by atoms with Gasteiger partial charge in [-0.2, -0.15) is 0 Å². The molecular formula is C47H31N5OS. The van der Waals surface area contributed by atoms with E-state index in [0.717, 1.165) is 65.5 Å². The third-order valence-electron chi connectivity index (χ3n) is 10.8. The lowest BCUT2D eigenvalue weighted by Crippen LogP contribution is -2.36. The normalized spacial score (nSPS) is 17.4. The summed E-state index contributed by atoms with van der Waals surface area (Å²) in [7, 11) is 0. The minimum Gasteiger partial charge on any atom is -0.481 e. The Balaban J connectivity index is 1.06. The van der Waals surface area contributed by atoms with Crippen molar-refractivity contribution in [3.05, 3.63) is 174 Å². The second-order valence-electron chi connectivity index (χ2n) is 13.9. The summed E-state index contributed by atoms with van der Waals surface area (Å²) in [5.41, 5.74) is 8.58. The Morgan fingerprint density at radius 3 is 2.09 bits per heavy atom. The van der Waals surface area contributed by atoms with E-state index in [1.165, 1.54) is 10.8 Å². The van der Waals surface area contributed by atoms with Gasteiger partial charge >= 0.3 is 0 Å². The van der Waals surface area contributed by atoms with Crippen LogP contribution in [-0.2, 0) is 0 Å². The first-order valence-corrected chi connectivity index (χ1v) is 18.9. The molecule has 6 nitrogen and oxygen atoms in total. The van der Waals surface area contributed by atoms with Crippen LogP contribution in [0.5, 0.6) is 5.75 Å². The SMILES string of the molecule is CC12Oc3cccc(-c4nc(-c5ccccc5)nc(-c5cccc(-n6c7ccccc7c7ccccc76)c5)n4)c3C1C=CC=C2c1nc2ccccc2s1. The van der Waals surface area contributed by atoms with Gasteiger partial charge in [0.05, 0.1) is 27.2 Å². The van der Waals surface area contributed by atoms with Crippen LogP contribution >= 0.6 is 11.3 Å². The van der Waals surface area contributed by atoms with Crippen LogP contribution in [0, 0.1) is 0 Å². The fourth-order valence-electron chi connectivity index (χ4n) is 8.24. The first-order chi connectivity index (χ1) is 26.6. The van der Waals surface area contributed by atoms with E-state index >= 15 is 0 Å². The van der Waals surface area contributed by atoms with Gasteiger partial charge in [-0.15, -0.1) is 11.3 Å². The molecule has 1 aliphatic heterocycles. The fraction of sp³-hybridized carbons (Fsp3) is 0.0638. The third-order valence-corrected chi connectivity index (χ3v) is 11.8. The summed E-state index contributed by atoms with van der Waals surface area (Å²) in [6.07, 6.45) is 6.53. The number of benzene rings is 6. The second-order valence-corrected chi connectivity index (χ2v) is 15.0. The van der Waals surface area contributed by atoms with Gasteiger partial charge in [-0.1, -0.05) is 121 Å². The average molecular weight is 714 g/mol. The molecule has 0 spiro atoms. The molecule has 256 valence electrons. The molecule has 2 atom stereocenters. The Bertz CT molecular complexity index is 2930. The van der Waals surface area contributed by atoms with Crippen LogP contribution in [0.15, 0.2) is 164 Å². The van der Waals surface area contributed by atoms with E-state index in [1.54, 1.807) is 11.3 Å². The summed E-state index contributed by atoms with van der Waals surface area (Å²) in [6.45, 7) is 2.18. The van der Waals surface area contributed by atoms with Gasteiger partial charge in [0.15, 0.2) is 17.5 Å². The maximum absolute atomic E-state index is 6.95.